The van der Waals surface area contributed by atoms with Gasteiger partial charge >= 0.3 is 0 Å². The first-order valence-corrected chi connectivity index (χ1v) is 8.96. The first-order valence-electron chi connectivity index (χ1n) is 7.98. The Kier molecular flexibility index (Phi) is 5.33. The van der Waals surface area contributed by atoms with Crippen molar-refractivity contribution in [1.29, 1.82) is 0 Å². The molecule has 0 N–H and O–H groups in total. The van der Waals surface area contributed by atoms with Crippen LogP contribution in [0.1, 0.15) is 12.5 Å². The Morgan fingerprint density at radius 2 is 1.88 bits per heavy atom. The minimum Gasteiger partial charge on any atom is -0.384 e. The lowest BCUT2D eigenvalue weighted by molar-refractivity contribution is 0.218. The van der Waals surface area contributed by atoms with Crippen LogP contribution in [0.4, 0.5) is 0 Å². The fourth-order valence-corrected chi connectivity index (χ4v) is 3.57. The largest absolute Gasteiger partial charge is 0.384 e. The average Bonchev–Trinajstić information content (AvgIpc) is 2.62. The SMILES string of the molecule is CCc1ccccc1-n1c(SCCOC)nc2ccccc2c1=O. The maximum absolute atomic E-state index is 13.1. The number of hydrogen-bond acceptors (Lipinski definition) is 4. The summed E-state index contributed by atoms with van der Waals surface area (Å²) in [5, 5.41) is 1.34. The summed E-state index contributed by atoms with van der Waals surface area (Å²) >= 11 is 1.54. The lowest BCUT2D eigenvalue weighted by atomic mass is 10.1. The molecule has 0 radical (unpaired) electrons. The van der Waals surface area contributed by atoms with Crippen LogP contribution in [0.3, 0.4) is 0 Å². The van der Waals surface area contributed by atoms with Crippen LogP contribution in [0.15, 0.2) is 58.5 Å². The highest BCUT2D eigenvalue weighted by Gasteiger charge is 2.14. The van der Waals surface area contributed by atoms with Crippen molar-refractivity contribution in [3.63, 3.8) is 0 Å². The molecule has 0 aliphatic carbocycles. The molecule has 0 bridgehead atoms. The van der Waals surface area contributed by atoms with E-state index in [9.17, 15) is 4.79 Å². The van der Waals surface area contributed by atoms with Gasteiger partial charge in [-0.1, -0.05) is 49.0 Å². The Labute approximate surface area is 145 Å². The summed E-state index contributed by atoms with van der Waals surface area (Å²) in [6.07, 6.45) is 0.859. The van der Waals surface area contributed by atoms with E-state index in [1.165, 1.54) is 0 Å². The van der Waals surface area contributed by atoms with Crippen molar-refractivity contribution < 1.29 is 4.74 Å². The quantitative estimate of drug-likeness (QED) is 0.390. The molecule has 3 aromatic rings. The Hall–Kier alpha value is -2.11. The maximum Gasteiger partial charge on any atom is 0.266 e. The fraction of sp³-hybridized carbons (Fsp3) is 0.263. The van der Waals surface area contributed by atoms with Crippen LogP contribution in [-0.2, 0) is 11.2 Å². The molecule has 0 fully saturated rings. The monoisotopic (exact) mass is 340 g/mol. The molecular formula is C19H20N2O2S. The van der Waals surface area contributed by atoms with Gasteiger partial charge in [0.1, 0.15) is 0 Å². The van der Waals surface area contributed by atoms with Gasteiger partial charge in [0.2, 0.25) is 0 Å². The molecule has 3 rings (SSSR count). The standard InChI is InChI=1S/C19H20N2O2S/c1-3-14-8-4-7-11-17(14)21-18(22)15-9-5-6-10-16(15)20-19(21)24-13-12-23-2/h4-11H,3,12-13H2,1-2H3. The van der Waals surface area contributed by atoms with Gasteiger partial charge in [-0.2, -0.15) is 0 Å². The molecule has 0 saturated heterocycles. The average molecular weight is 340 g/mol. The number of methoxy groups -OCH3 is 1. The highest BCUT2D eigenvalue weighted by atomic mass is 32.2. The van der Waals surface area contributed by atoms with Crippen molar-refractivity contribution in [3.8, 4) is 5.69 Å². The lowest BCUT2D eigenvalue weighted by Gasteiger charge is -2.15. The molecule has 2 aromatic carbocycles. The maximum atomic E-state index is 13.1. The van der Waals surface area contributed by atoms with Crippen LogP contribution >= 0.6 is 11.8 Å². The third kappa shape index (κ3) is 3.23. The molecule has 0 atom stereocenters. The van der Waals surface area contributed by atoms with Gasteiger partial charge in [0.15, 0.2) is 5.16 Å². The molecule has 24 heavy (non-hydrogen) atoms. The smallest absolute Gasteiger partial charge is 0.266 e. The van der Waals surface area contributed by atoms with E-state index in [4.69, 9.17) is 9.72 Å². The minimum atomic E-state index is -0.0265. The van der Waals surface area contributed by atoms with E-state index in [1.54, 1.807) is 23.4 Å². The van der Waals surface area contributed by atoms with E-state index in [2.05, 4.69) is 13.0 Å². The Balaban J connectivity index is 2.25. The minimum absolute atomic E-state index is 0.0265. The fourth-order valence-electron chi connectivity index (χ4n) is 2.67. The number of nitrogens with zero attached hydrogens (tertiary/aromatic N) is 2. The van der Waals surface area contributed by atoms with Gasteiger partial charge in [0.05, 0.1) is 23.2 Å². The molecule has 0 aliphatic heterocycles. The van der Waals surface area contributed by atoms with Crippen molar-refractivity contribution in [1.82, 2.24) is 9.55 Å². The zero-order valence-corrected chi connectivity index (χ0v) is 14.7. The summed E-state index contributed by atoms with van der Waals surface area (Å²) < 4.78 is 6.87. The summed E-state index contributed by atoms with van der Waals surface area (Å²) in [7, 11) is 1.67. The van der Waals surface area contributed by atoms with E-state index in [-0.39, 0.29) is 5.56 Å². The summed E-state index contributed by atoms with van der Waals surface area (Å²) in [6.45, 7) is 2.71. The molecule has 0 amide bonds. The number of aromatic nitrogens is 2. The van der Waals surface area contributed by atoms with Crippen molar-refractivity contribution >= 4 is 22.7 Å². The third-order valence-corrected chi connectivity index (χ3v) is 4.78. The van der Waals surface area contributed by atoms with Crippen LogP contribution in [-0.4, -0.2) is 29.0 Å². The van der Waals surface area contributed by atoms with Crippen molar-refractivity contribution in [2.24, 2.45) is 0 Å². The molecule has 1 aromatic heterocycles. The lowest BCUT2D eigenvalue weighted by Crippen LogP contribution is -2.23. The zero-order chi connectivity index (χ0) is 16.9. The number of ether oxygens (including phenoxy) is 1. The summed E-state index contributed by atoms with van der Waals surface area (Å²) in [4.78, 5) is 17.9. The molecule has 0 saturated carbocycles. The molecular weight excluding hydrogens is 320 g/mol. The number of hydrogen-bond donors (Lipinski definition) is 0. The van der Waals surface area contributed by atoms with Crippen LogP contribution in [0, 0.1) is 0 Å². The van der Waals surface area contributed by atoms with Gasteiger partial charge in [-0.25, -0.2) is 4.98 Å². The number of benzene rings is 2. The van der Waals surface area contributed by atoms with Crippen molar-refractivity contribution in [2.75, 3.05) is 19.5 Å². The number of aryl methyl sites for hydroxylation is 1. The number of thioether (sulfide) groups is 1. The molecule has 0 aliphatic rings. The first kappa shape index (κ1) is 16.7. The van der Waals surface area contributed by atoms with Crippen molar-refractivity contribution in [3.05, 3.63) is 64.4 Å². The second-order valence-corrected chi connectivity index (χ2v) is 6.44. The Morgan fingerprint density at radius 1 is 1.12 bits per heavy atom. The normalized spacial score (nSPS) is 11.1. The third-order valence-electron chi connectivity index (χ3n) is 3.88. The van der Waals surface area contributed by atoms with E-state index in [0.29, 0.717) is 17.1 Å². The van der Waals surface area contributed by atoms with E-state index in [0.717, 1.165) is 28.9 Å². The van der Waals surface area contributed by atoms with Crippen LogP contribution < -0.4 is 5.56 Å². The topological polar surface area (TPSA) is 44.1 Å². The van der Waals surface area contributed by atoms with Crippen LogP contribution in [0.5, 0.6) is 0 Å². The summed E-state index contributed by atoms with van der Waals surface area (Å²) in [5.41, 5.74) is 2.74. The first-order chi connectivity index (χ1) is 11.8. The van der Waals surface area contributed by atoms with Crippen LogP contribution in [0.2, 0.25) is 0 Å². The molecule has 5 heteroatoms. The number of fused-ring (bicyclic) bond motifs is 1. The van der Waals surface area contributed by atoms with Gasteiger partial charge in [0, 0.05) is 12.9 Å². The highest BCUT2D eigenvalue weighted by molar-refractivity contribution is 7.99. The van der Waals surface area contributed by atoms with Gasteiger partial charge in [-0.15, -0.1) is 0 Å². The molecule has 4 nitrogen and oxygen atoms in total. The molecule has 1 heterocycles. The van der Waals surface area contributed by atoms with Gasteiger partial charge < -0.3 is 4.74 Å². The van der Waals surface area contributed by atoms with Gasteiger partial charge in [-0.05, 0) is 30.2 Å². The van der Waals surface area contributed by atoms with Gasteiger partial charge in [-0.3, -0.25) is 9.36 Å². The summed E-state index contributed by atoms with van der Waals surface area (Å²) in [6, 6.07) is 15.5. The van der Waals surface area contributed by atoms with E-state index < -0.39 is 0 Å². The Bertz CT molecular complexity index is 905. The molecule has 124 valence electrons. The number of para-hydroxylation sites is 2. The molecule has 0 unspecified atom stereocenters. The highest BCUT2D eigenvalue weighted by Crippen LogP contribution is 2.23. The summed E-state index contributed by atoms with van der Waals surface area (Å²) in [5.74, 6) is 0.746. The number of rotatable bonds is 6. The second kappa shape index (κ2) is 7.64. The van der Waals surface area contributed by atoms with E-state index in [1.807, 2.05) is 42.5 Å². The Morgan fingerprint density at radius 3 is 2.67 bits per heavy atom. The zero-order valence-electron chi connectivity index (χ0n) is 13.9. The predicted molar refractivity (Wildman–Crippen MR) is 99.3 cm³/mol. The molecule has 0 spiro atoms. The predicted octanol–water partition coefficient (Wildman–Crippen LogP) is 3.69. The van der Waals surface area contributed by atoms with Crippen molar-refractivity contribution in [2.45, 2.75) is 18.5 Å². The van der Waals surface area contributed by atoms with Gasteiger partial charge in [0.25, 0.3) is 5.56 Å². The van der Waals surface area contributed by atoms with E-state index >= 15 is 0 Å². The van der Waals surface area contributed by atoms with Crippen LogP contribution in [0.25, 0.3) is 16.6 Å². The second-order valence-electron chi connectivity index (χ2n) is 5.38.